The first-order valence-electron chi connectivity index (χ1n) is 4.54. The van der Waals surface area contributed by atoms with E-state index in [1.807, 2.05) is 0 Å². The van der Waals surface area contributed by atoms with Crippen LogP contribution in [0, 0.1) is 0 Å². The fraction of sp³-hybridized carbons (Fsp3) is 0.750. The molecule has 0 radical (unpaired) electrons. The Hall–Kier alpha value is -1.31. The molecule has 5 nitrogen and oxygen atoms in total. The van der Waals surface area contributed by atoms with Crippen LogP contribution in [0.1, 0.15) is 19.3 Å². The average Bonchev–Trinajstić information content (AvgIpc) is 2.82. The third-order valence-corrected chi connectivity index (χ3v) is 2.39. The molecule has 1 rings (SSSR count). The van der Waals surface area contributed by atoms with Crippen molar-refractivity contribution in [3.05, 3.63) is 0 Å². The van der Waals surface area contributed by atoms with E-state index in [9.17, 15) is 22.8 Å². The Morgan fingerprint density at radius 2 is 1.94 bits per heavy atom. The second kappa shape index (κ2) is 3.93. The number of rotatable bonds is 4. The van der Waals surface area contributed by atoms with Crippen molar-refractivity contribution in [1.82, 2.24) is 5.32 Å². The standard InChI is InChI=1S/C8H11F3N2O3/c9-8(10,11)7(1-2-7)13-6(16)4(12)3-5(14)15/h4H,1-3,12H2,(H,13,16)(H,14,15). The lowest BCUT2D eigenvalue weighted by Gasteiger charge is -2.22. The Kier molecular flexibility index (Phi) is 3.13. The van der Waals surface area contributed by atoms with Gasteiger partial charge in [-0.2, -0.15) is 13.2 Å². The third kappa shape index (κ3) is 2.63. The second-order valence-electron chi connectivity index (χ2n) is 3.77. The molecule has 0 spiro atoms. The molecule has 92 valence electrons. The summed E-state index contributed by atoms with van der Waals surface area (Å²) in [6, 6.07) is -1.46. The molecular weight excluding hydrogens is 229 g/mol. The lowest BCUT2D eigenvalue weighted by Crippen LogP contribution is -2.53. The van der Waals surface area contributed by atoms with Gasteiger partial charge in [-0.15, -0.1) is 0 Å². The SMILES string of the molecule is NC(CC(=O)O)C(=O)NC1(C(F)(F)F)CC1. The molecule has 0 saturated heterocycles. The summed E-state index contributed by atoms with van der Waals surface area (Å²) in [5.74, 6) is -2.42. The molecule has 0 aromatic carbocycles. The summed E-state index contributed by atoms with van der Waals surface area (Å²) >= 11 is 0. The molecule has 0 bridgehead atoms. The zero-order valence-electron chi connectivity index (χ0n) is 8.17. The second-order valence-corrected chi connectivity index (χ2v) is 3.77. The van der Waals surface area contributed by atoms with Crippen molar-refractivity contribution in [3.63, 3.8) is 0 Å². The van der Waals surface area contributed by atoms with Gasteiger partial charge in [0.1, 0.15) is 5.54 Å². The smallest absolute Gasteiger partial charge is 0.411 e. The van der Waals surface area contributed by atoms with Gasteiger partial charge < -0.3 is 16.2 Å². The van der Waals surface area contributed by atoms with Crippen LogP contribution >= 0.6 is 0 Å². The molecule has 0 heterocycles. The molecule has 1 fully saturated rings. The molecule has 4 N–H and O–H groups in total. The predicted octanol–water partition coefficient (Wildman–Crippen LogP) is -0.000500. The highest BCUT2D eigenvalue weighted by Crippen LogP contribution is 2.48. The molecule has 0 aliphatic heterocycles. The van der Waals surface area contributed by atoms with Gasteiger partial charge in [0.15, 0.2) is 0 Å². The van der Waals surface area contributed by atoms with Crippen LogP contribution in [0.2, 0.25) is 0 Å². The lowest BCUT2D eigenvalue weighted by molar-refractivity contribution is -0.170. The summed E-state index contributed by atoms with van der Waals surface area (Å²) in [5.41, 5.74) is 2.94. The maximum absolute atomic E-state index is 12.4. The van der Waals surface area contributed by atoms with Crippen LogP contribution in [0.4, 0.5) is 13.2 Å². The van der Waals surface area contributed by atoms with Crippen LogP contribution in [0.25, 0.3) is 0 Å². The van der Waals surface area contributed by atoms with Crippen molar-refractivity contribution >= 4 is 11.9 Å². The van der Waals surface area contributed by atoms with E-state index in [-0.39, 0.29) is 12.8 Å². The van der Waals surface area contributed by atoms with Crippen LogP contribution in [-0.2, 0) is 9.59 Å². The van der Waals surface area contributed by atoms with Crippen LogP contribution in [0.15, 0.2) is 0 Å². The maximum atomic E-state index is 12.4. The minimum atomic E-state index is -4.52. The monoisotopic (exact) mass is 240 g/mol. The molecule has 1 amide bonds. The first-order valence-corrected chi connectivity index (χ1v) is 4.54. The zero-order valence-corrected chi connectivity index (χ0v) is 8.17. The van der Waals surface area contributed by atoms with E-state index in [2.05, 4.69) is 0 Å². The topological polar surface area (TPSA) is 92.4 Å². The molecule has 1 saturated carbocycles. The summed E-state index contributed by atoms with van der Waals surface area (Å²) < 4.78 is 37.2. The van der Waals surface area contributed by atoms with Gasteiger partial charge in [0.25, 0.3) is 0 Å². The maximum Gasteiger partial charge on any atom is 0.411 e. The first kappa shape index (κ1) is 12.8. The summed E-state index contributed by atoms with van der Waals surface area (Å²) in [6.45, 7) is 0. The zero-order chi connectivity index (χ0) is 12.6. The normalized spacial score (nSPS) is 20.0. The minimum absolute atomic E-state index is 0.192. The number of nitrogens with one attached hydrogen (secondary N) is 1. The van der Waals surface area contributed by atoms with Gasteiger partial charge in [-0.3, -0.25) is 9.59 Å². The number of alkyl halides is 3. The van der Waals surface area contributed by atoms with E-state index in [0.29, 0.717) is 0 Å². The number of nitrogens with two attached hydrogens (primary N) is 1. The largest absolute Gasteiger partial charge is 0.481 e. The van der Waals surface area contributed by atoms with E-state index >= 15 is 0 Å². The van der Waals surface area contributed by atoms with Crippen LogP contribution in [0.3, 0.4) is 0 Å². The number of amides is 1. The number of hydrogen-bond acceptors (Lipinski definition) is 3. The Morgan fingerprint density at radius 1 is 1.44 bits per heavy atom. The van der Waals surface area contributed by atoms with Crippen LogP contribution in [-0.4, -0.2) is 34.7 Å². The van der Waals surface area contributed by atoms with Gasteiger partial charge in [-0.05, 0) is 12.8 Å². The van der Waals surface area contributed by atoms with Crippen LogP contribution in [0.5, 0.6) is 0 Å². The highest BCUT2D eigenvalue weighted by Gasteiger charge is 2.64. The van der Waals surface area contributed by atoms with Crippen molar-refractivity contribution in [2.45, 2.75) is 37.0 Å². The highest BCUT2D eigenvalue weighted by atomic mass is 19.4. The first-order chi connectivity index (χ1) is 7.18. The van der Waals surface area contributed by atoms with E-state index in [1.165, 1.54) is 0 Å². The Bertz CT molecular complexity index is 312. The van der Waals surface area contributed by atoms with Crippen molar-refractivity contribution in [3.8, 4) is 0 Å². The third-order valence-electron chi connectivity index (χ3n) is 2.39. The van der Waals surface area contributed by atoms with Gasteiger partial charge in [0, 0.05) is 0 Å². The predicted molar refractivity (Wildman–Crippen MR) is 46.4 cm³/mol. The number of hydrogen-bond donors (Lipinski definition) is 3. The lowest BCUT2D eigenvalue weighted by atomic mass is 10.1. The quantitative estimate of drug-likeness (QED) is 0.644. The Morgan fingerprint density at radius 3 is 2.25 bits per heavy atom. The molecule has 8 heteroatoms. The number of carbonyl (C=O) groups is 2. The van der Waals surface area contributed by atoms with Crippen molar-refractivity contribution in [2.75, 3.05) is 0 Å². The van der Waals surface area contributed by atoms with Gasteiger partial charge in [0.05, 0.1) is 12.5 Å². The summed E-state index contributed by atoms with van der Waals surface area (Å²) in [6.07, 6.45) is -5.60. The summed E-state index contributed by atoms with van der Waals surface area (Å²) in [4.78, 5) is 21.4. The summed E-state index contributed by atoms with van der Waals surface area (Å²) in [5, 5.41) is 10.1. The summed E-state index contributed by atoms with van der Waals surface area (Å²) in [7, 11) is 0. The van der Waals surface area contributed by atoms with E-state index < -0.39 is 36.1 Å². The van der Waals surface area contributed by atoms with Gasteiger partial charge in [0.2, 0.25) is 5.91 Å². The minimum Gasteiger partial charge on any atom is -0.481 e. The van der Waals surface area contributed by atoms with Gasteiger partial charge in [-0.1, -0.05) is 0 Å². The molecule has 1 unspecified atom stereocenters. The van der Waals surface area contributed by atoms with Crippen molar-refractivity contribution < 1.29 is 27.9 Å². The van der Waals surface area contributed by atoms with Gasteiger partial charge >= 0.3 is 12.1 Å². The molecule has 0 aromatic heterocycles. The molecule has 0 aromatic rings. The molecule has 1 atom stereocenters. The Balaban J connectivity index is 2.55. The number of carbonyl (C=O) groups excluding carboxylic acids is 1. The van der Waals surface area contributed by atoms with E-state index in [1.54, 1.807) is 5.32 Å². The Labute approximate surface area is 88.8 Å². The van der Waals surface area contributed by atoms with Gasteiger partial charge in [-0.25, -0.2) is 0 Å². The van der Waals surface area contributed by atoms with Crippen molar-refractivity contribution in [1.29, 1.82) is 0 Å². The van der Waals surface area contributed by atoms with Crippen LogP contribution < -0.4 is 11.1 Å². The fourth-order valence-corrected chi connectivity index (χ4v) is 1.21. The highest BCUT2D eigenvalue weighted by molar-refractivity contribution is 5.86. The number of carboxylic acids is 1. The number of halogens is 3. The van der Waals surface area contributed by atoms with E-state index in [0.717, 1.165) is 0 Å². The average molecular weight is 240 g/mol. The fourth-order valence-electron chi connectivity index (χ4n) is 1.21. The van der Waals surface area contributed by atoms with E-state index in [4.69, 9.17) is 10.8 Å². The number of aliphatic carboxylic acids is 1. The van der Waals surface area contributed by atoms with Crippen molar-refractivity contribution in [2.24, 2.45) is 5.73 Å². The molecule has 1 aliphatic carbocycles. The molecule has 1 aliphatic rings. The number of carboxylic acid groups (broad SMARTS) is 1. The molecule has 16 heavy (non-hydrogen) atoms. The molecular formula is C8H11F3N2O3.